The van der Waals surface area contributed by atoms with E-state index in [2.05, 4.69) is 9.97 Å². The molecule has 3 aromatic rings. The van der Waals surface area contributed by atoms with E-state index >= 15 is 0 Å². The summed E-state index contributed by atoms with van der Waals surface area (Å²) in [6, 6.07) is 6.61. The minimum atomic E-state index is -0.392. The van der Waals surface area contributed by atoms with E-state index in [-0.39, 0.29) is 5.82 Å². The zero-order valence-electron chi connectivity index (χ0n) is 11.4. The SMILES string of the molecule is Cc1cccc(F)c1-n1c(C(C)Cl)nc2cc(Cl)cnc21. The van der Waals surface area contributed by atoms with E-state index in [1.807, 2.05) is 13.0 Å². The Balaban J connectivity index is 2.42. The maximum Gasteiger partial charge on any atom is 0.164 e. The fourth-order valence-corrected chi connectivity index (χ4v) is 2.65. The predicted octanol–water partition coefficient (Wildman–Crippen LogP) is 4.82. The zero-order valence-corrected chi connectivity index (χ0v) is 13.0. The summed E-state index contributed by atoms with van der Waals surface area (Å²) in [6.07, 6.45) is 1.51. The fourth-order valence-electron chi connectivity index (χ4n) is 2.35. The van der Waals surface area contributed by atoms with Crippen LogP contribution in [0.2, 0.25) is 5.02 Å². The first-order valence-electron chi connectivity index (χ1n) is 6.42. The number of aryl methyl sites for hydroxylation is 1. The molecular weight excluding hydrogens is 312 g/mol. The van der Waals surface area contributed by atoms with E-state index in [1.165, 1.54) is 12.3 Å². The van der Waals surface area contributed by atoms with Gasteiger partial charge in [-0.05, 0) is 31.5 Å². The van der Waals surface area contributed by atoms with Gasteiger partial charge in [0, 0.05) is 6.20 Å². The highest BCUT2D eigenvalue weighted by molar-refractivity contribution is 6.31. The summed E-state index contributed by atoms with van der Waals surface area (Å²) in [4.78, 5) is 8.73. The number of hydrogen-bond donors (Lipinski definition) is 0. The molecule has 0 aliphatic carbocycles. The lowest BCUT2D eigenvalue weighted by Gasteiger charge is -2.13. The molecule has 0 saturated heterocycles. The molecule has 108 valence electrons. The quantitative estimate of drug-likeness (QED) is 0.633. The summed E-state index contributed by atoms with van der Waals surface area (Å²) in [6.45, 7) is 3.62. The Kier molecular flexibility index (Phi) is 3.59. The predicted molar refractivity (Wildman–Crippen MR) is 82.8 cm³/mol. The van der Waals surface area contributed by atoms with Crippen LogP contribution in [-0.2, 0) is 0 Å². The molecule has 1 aromatic carbocycles. The molecule has 0 spiro atoms. The number of hydrogen-bond acceptors (Lipinski definition) is 2. The van der Waals surface area contributed by atoms with Gasteiger partial charge in [-0.15, -0.1) is 11.6 Å². The number of para-hydroxylation sites is 1. The number of pyridine rings is 1. The van der Waals surface area contributed by atoms with Crippen LogP contribution in [0.4, 0.5) is 4.39 Å². The first-order valence-corrected chi connectivity index (χ1v) is 7.24. The molecule has 3 nitrogen and oxygen atoms in total. The average molecular weight is 324 g/mol. The van der Waals surface area contributed by atoms with Crippen molar-refractivity contribution in [3.8, 4) is 5.69 Å². The minimum absolute atomic E-state index is 0.343. The van der Waals surface area contributed by atoms with E-state index in [4.69, 9.17) is 23.2 Å². The van der Waals surface area contributed by atoms with Gasteiger partial charge in [0.2, 0.25) is 0 Å². The van der Waals surface area contributed by atoms with E-state index < -0.39 is 5.38 Å². The molecule has 6 heteroatoms. The van der Waals surface area contributed by atoms with Crippen molar-refractivity contribution in [3.05, 3.63) is 52.7 Å². The highest BCUT2D eigenvalue weighted by Crippen LogP contribution is 2.30. The Labute approximate surface area is 131 Å². The van der Waals surface area contributed by atoms with Crippen molar-refractivity contribution in [1.29, 1.82) is 0 Å². The second-order valence-corrected chi connectivity index (χ2v) is 5.91. The largest absolute Gasteiger partial charge is 0.276 e. The number of nitrogens with zero attached hydrogens (tertiary/aromatic N) is 3. The fraction of sp³-hybridized carbons (Fsp3) is 0.200. The second-order valence-electron chi connectivity index (χ2n) is 4.82. The smallest absolute Gasteiger partial charge is 0.164 e. The number of fused-ring (bicyclic) bond motifs is 1. The van der Waals surface area contributed by atoms with Gasteiger partial charge in [-0.3, -0.25) is 4.57 Å². The van der Waals surface area contributed by atoms with Crippen LogP contribution in [0, 0.1) is 12.7 Å². The van der Waals surface area contributed by atoms with Crippen LogP contribution >= 0.6 is 23.2 Å². The standard InChI is InChI=1S/C15H12Cl2FN3/c1-8-4-3-5-11(18)13(8)21-14(9(2)16)20-12-6-10(17)7-19-15(12)21/h3-7,9H,1-2H3. The molecule has 0 saturated carbocycles. The van der Waals surface area contributed by atoms with Gasteiger partial charge < -0.3 is 0 Å². The lowest BCUT2D eigenvalue weighted by atomic mass is 10.2. The van der Waals surface area contributed by atoms with Crippen molar-refractivity contribution in [2.45, 2.75) is 19.2 Å². The van der Waals surface area contributed by atoms with E-state index in [9.17, 15) is 4.39 Å². The molecule has 0 bridgehead atoms. The van der Waals surface area contributed by atoms with Crippen molar-refractivity contribution in [2.24, 2.45) is 0 Å². The second kappa shape index (κ2) is 5.28. The lowest BCUT2D eigenvalue weighted by molar-refractivity contribution is 0.614. The summed E-state index contributed by atoms with van der Waals surface area (Å²) < 4.78 is 16.0. The Bertz CT molecular complexity index is 807. The van der Waals surface area contributed by atoms with Crippen LogP contribution < -0.4 is 0 Å². The Morgan fingerprint density at radius 3 is 2.76 bits per heavy atom. The third-order valence-corrected chi connectivity index (χ3v) is 3.66. The summed E-state index contributed by atoms with van der Waals surface area (Å²) >= 11 is 12.2. The van der Waals surface area contributed by atoms with E-state index in [0.717, 1.165) is 5.56 Å². The molecule has 1 unspecified atom stereocenters. The van der Waals surface area contributed by atoms with Crippen LogP contribution in [0.25, 0.3) is 16.9 Å². The van der Waals surface area contributed by atoms with Gasteiger partial charge in [0.1, 0.15) is 17.2 Å². The Hall–Kier alpha value is -1.65. The molecule has 0 radical (unpaired) electrons. The van der Waals surface area contributed by atoms with Crippen molar-refractivity contribution in [2.75, 3.05) is 0 Å². The minimum Gasteiger partial charge on any atom is -0.276 e. The molecule has 0 aliphatic heterocycles. The molecular formula is C15H12Cl2FN3. The molecule has 0 N–H and O–H groups in total. The highest BCUT2D eigenvalue weighted by Gasteiger charge is 2.21. The first kappa shape index (κ1) is 14.3. The van der Waals surface area contributed by atoms with Crippen LogP contribution in [0.1, 0.15) is 23.7 Å². The lowest BCUT2D eigenvalue weighted by Crippen LogP contribution is -2.06. The van der Waals surface area contributed by atoms with Crippen molar-refractivity contribution >= 4 is 34.4 Å². The third kappa shape index (κ3) is 2.39. The summed E-state index contributed by atoms with van der Waals surface area (Å²) in [5, 5.41) is 0.0863. The molecule has 21 heavy (non-hydrogen) atoms. The monoisotopic (exact) mass is 323 g/mol. The summed E-state index contributed by atoms with van der Waals surface area (Å²) in [5.41, 5.74) is 2.32. The molecule has 0 aliphatic rings. The first-order chi connectivity index (χ1) is 9.99. The van der Waals surface area contributed by atoms with E-state index in [1.54, 1.807) is 23.6 Å². The van der Waals surface area contributed by atoms with Gasteiger partial charge in [-0.2, -0.15) is 0 Å². The van der Waals surface area contributed by atoms with Crippen LogP contribution in [0.5, 0.6) is 0 Å². The molecule has 0 fully saturated rings. The highest BCUT2D eigenvalue weighted by atomic mass is 35.5. The van der Waals surface area contributed by atoms with Gasteiger partial charge in [-0.25, -0.2) is 14.4 Å². The van der Waals surface area contributed by atoms with Gasteiger partial charge in [-0.1, -0.05) is 23.7 Å². The molecule has 1 atom stereocenters. The normalized spacial score (nSPS) is 12.8. The van der Waals surface area contributed by atoms with Gasteiger partial charge in [0.25, 0.3) is 0 Å². The number of aromatic nitrogens is 3. The summed E-state index contributed by atoms with van der Waals surface area (Å²) in [5.74, 6) is 0.194. The van der Waals surface area contributed by atoms with Crippen molar-refractivity contribution in [1.82, 2.24) is 14.5 Å². The number of alkyl halides is 1. The van der Waals surface area contributed by atoms with Crippen LogP contribution in [-0.4, -0.2) is 14.5 Å². The Morgan fingerprint density at radius 1 is 1.33 bits per heavy atom. The van der Waals surface area contributed by atoms with E-state index in [0.29, 0.717) is 27.7 Å². The van der Waals surface area contributed by atoms with Gasteiger partial charge in [0.15, 0.2) is 5.65 Å². The van der Waals surface area contributed by atoms with Crippen molar-refractivity contribution in [3.63, 3.8) is 0 Å². The van der Waals surface area contributed by atoms with Gasteiger partial charge >= 0.3 is 0 Å². The van der Waals surface area contributed by atoms with Crippen molar-refractivity contribution < 1.29 is 4.39 Å². The number of halogens is 3. The maximum absolute atomic E-state index is 14.3. The molecule has 2 heterocycles. The molecule has 0 amide bonds. The van der Waals surface area contributed by atoms with Crippen LogP contribution in [0.3, 0.4) is 0 Å². The summed E-state index contributed by atoms with van der Waals surface area (Å²) in [7, 11) is 0. The molecule has 2 aromatic heterocycles. The zero-order chi connectivity index (χ0) is 15.1. The molecule has 3 rings (SSSR count). The van der Waals surface area contributed by atoms with Crippen LogP contribution in [0.15, 0.2) is 30.5 Å². The topological polar surface area (TPSA) is 30.7 Å². The maximum atomic E-state index is 14.3. The number of benzene rings is 1. The van der Waals surface area contributed by atoms with Gasteiger partial charge in [0.05, 0.1) is 16.1 Å². The number of imidazole rings is 1. The average Bonchev–Trinajstić information content (AvgIpc) is 2.77. The third-order valence-electron chi connectivity index (χ3n) is 3.26. The number of rotatable bonds is 2. The Morgan fingerprint density at radius 2 is 2.10 bits per heavy atom.